The zero-order valence-electron chi connectivity index (χ0n) is 12.4. The van der Waals surface area contributed by atoms with E-state index >= 15 is 0 Å². The van der Waals surface area contributed by atoms with Crippen molar-refractivity contribution in [1.29, 1.82) is 0 Å². The second kappa shape index (κ2) is 7.70. The summed E-state index contributed by atoms with van der Waals surface area (Å²) >= 11 is 11.7. The maximum Gasteiger partial charge on any atom is 0.261 e. The van der Waals surface area contributed by atoms with E-state index < -0.39 is 15.9 Å². The van der Waals surface area contributed by atoms with E-state index in [-0.39, 0.29) is 22.7 Å². The van der Waals surface area contributed by atoms with Gasteiger partial charge in [0.25, 0.3) is 15.9 Å². The lowest BCUT2D eigenvalue weighted by atomic mass is 10.2. The summed E-state index contributed by atoms with van der Waals surface area (Å²) in [6.07, 6.45) is 1.53. The van der Waals surface area contributed by atoms with Gasteiger partial charge in [-0.05, 0) is 36.4 Å². The first-order chi connectivity index (χ1) is 11.3. The van der Waals surface area contributed by atoms with E-state index in [1.54, 1.807) is 0 Å². The Morgan fingerprint density at radius 2 is 1.79 bits per heavy atom. The first-order valence-corrected chi connectivity index (χ1v) is 9.04. The molecule has 0 heterocycles. The van der Waals surface area contributed by atoms with Gasteiger partial charge in [-0.15, -0.1) is 6.58 Å². The van der Waals surface area contributed by atoms with E-state index in [1.807, 2.05) is 0 Å². The minimum Gasteiger partial charge on any atom is -0.349 e. The van der Waals surface area contributed by atoms with Gasteiger partial charge in [0.15, 0.2) is 0 Å². The highest BCUT2D eigenvalue weighted by Gasteiger charge is 2.17. The molecule has 0 spiro atoms. The van der Waals surface area contributed by atoms with Gasteiger partial charge in [0.05, 0.1) is 10.6 Å². The maximum atomic E-state index is 12.5. The van der Waals surface area contributed by atoms with Crippen molar-refractivity contribution in [2.75, 3.05) is 11.3 Å². The molecule has 0 bridgehead atoms. The Kier molecular flexibility index (Phi) is 5.88. The van der Waals surface area contributed by atoms with Crippen LogP contribution in [0.15, 0.2) is 60.0 Å². The molecule has 8 heteroatoms. The van der Waals surface area contributed by atoms with Gasteiger partial charge in [0, 0.05) is 22.2 Å². The summed E-state index contributed by atoms with van der Waals surface area (Å²) in [5.74, 6) is -0.391. The molecule has 0 aromatic heterocycles. The fourth-order valence-corrected chi connectivity index (χ4v) is 3.51. The van der Waals surface area contributed by atoms with Crippen LogP contribution in [0.1, 0.15) is 10.4 Å². The van der Waals surface area contributed by atoms with Crippen molar-refractivity contribution in [3.8, 4) is 0 Å². The third kappa shape index (κ3) is 4.74. The average molecular weight is 385 g/mol. The molecule has 0 saturated heterocycles. The lowest BCUT2D eigenvalue weighted by Gasteiger charge is -2.10. The standard InChI is InChI=1S/C16H14Cl2N2O3S/c1-2-6-19-16(21)11-4-3-5-15(7-11)24(22,23)20-14-9-12(17)8-13(18)10-14/h2-5,7-10,20H,1,6H2,(H,19,21). The van der Waals surface area contributed by atoms with Gasteiger partial charge in [-0.2, -0.15) is 0 Å². The molecule has 1 amide bonds. The van der Waals surface area contributed by atoms with Crippen molar-refractivity contribution in [2.24, 2.45) is 0 Å². The summed E-state index contributed by atoms with van der Waals surface area (Å²) in [4.78, 5) is 11.9. The van der Waals surface area contributed by atoms with E-state index in [0.717, 1.165) is 0 Å². The first-order valence-electron chi connectivity index (χ1n) is 6.80. The average Bonchev–Trinajstić information content (AvgIpc) is 2.51. The Labute approximate surface area is 150 Å². The molecule has 126 valence electrons. The van der Waals surface area contributed by atoms with Crippen molar-refractivity contribution < 1.29 is 13.2 Å². The van der Waals surface area contributed by atoms with Crippen LogP contribution in [0.5, 0.6) is 0 Å². The van der Waals surface area contributed by atoms with Crippen LogP contribution < -0.4 is 10.0 Å². The number of amides is 1. The highest BCUT2D eigenvalue weighted by Crippen LogP contribution is 2.25. The molecule has 0 radical (unpaired) electrons. The minimum atomic E-state index is -3.89. The zero-order chi connectivity index (χ0) is 17.7. The quantitative estimate of drug-likeness (QED) is 0.745. The molecule has 0 saturated carbocycles. The second-order valence-corrected chi connectivity index (χ2v) is 7.35. The third-order valence-electron chi connectivity index (χ3n) is 2.93. The Bertz CT molecular complexity index is 862. The summed E-state index contributed by atoms with van der Waals surface area (Å²) < 4.78 is 27.3. The number of sulfonamides is 1. The Morgan fingerprint density at radius 1 is 1.12 bits per heavy atom. The number of anilines is 1. The molecule has 2 aromatic carbocycles. The highest BCUT2D eigenvalue weighted by molar-refractivity contribution is 7.92. The predicted molar refractivity (Wildman–Crippen MR) is 96.2 cm³/mol. The summed E-state index contributed by atoms with van der Waals surface area (Å²) in [6, 6.07) is 10.0. The van der Waals surface area contributed by atoms with Crippen molar-refractivity contribution in [1.82, 2.24) is 5.32 Å². The Morgan fingerprint density at radius 3 is 2.42 bits per heavy atom. The molecule has 5 nitrogen and oxygen atoms in total. The SMILES string of the molecule is C=CCNC(=O)c1cccc(S(=O)(=O)Nc2cc(Cl)cc(Cl)c2)c1. The van der Waals surface area contributed by atoms with Crippen LogP contribution in [0.4, 0.5) is 5.69 Å². The normalized spacial score (nSPS) is 10.9. The number of nitrogens with one attached hydrogen (secondary N) is 2. The van der Waals surface area contributed by atoms with Crippen LogP contribution in [-0.4, -0.2) is 20.9 Å². The van der Waals surface area contributed by atoms with Gasteiger partial charge in [-0.3, -0.25) is 9.52 Å². The molecule has 2 rings (SSSR count). The molecule has 0 aliphatic rings. The Hall–Kier alpha value is -2.02. The molecular formula is C16H14Cl2N2O3S. The summed E-state index contributed by atoms with van der Waals surface area (Å²) in [5, 5.41) is 3.19. The number of carbonyl (C=O) groups is 1. The molecule has 0 atom stereocenters. The molecule has 0 fully saturated rings. The Balaban J connectivity index is 2.29. The predicted octanol–water partition coefficient (Wildman–Crippen LogP) is 3.71. The molecule has 24 heavy (non-hydrogen) atoms. The molecule has 2 aromatic rings. The maximum absolute atomic E-state index is 12.5. The van der Waals surface area contributed by atoms with E-state index in [2.05, 4.69) is 16.6 Å². The van der Waals surface area contributed by atoms with Crippen molar-refractivity contribution in [3.05, 3.63) is 70.7 Å². The minimum absolute atomic E-state index is 0.0511. The fraction of sp³-hybridized carbons (Fsp3) is 0.0625. The molecular weight excluding hydrogens is 371 g/mol. The van der Waals surface area contributed by atoms with Gasteiger partial charge < -0.3 is 5.32 Å². The van der Waals surface area contributed by atoms with Crippen molar-refractivity contribution >= 4 is 44.8 Å². The highest BCUT2D eigenvalue weighted by atomic mass is 35.5. The largest absolute Gasteiger partial charge is 0.349 e. The number of hydrogen-bond donors (Lipinski definition) is 2. The third-order valence-corrected chi connectivity index (χ3v) is 4.74. The number of hydrogen-bond acceptors (Lipinski definition) is 3. The molecule has 0 unspecified atom stereocenters. The van der Waals surface area contributed by atoms with E-state index in [1.165, 1.54) is 48.5 Å². The van der Waals surface area contributed by atoms with Gasteiger partial charge >= 0.3 is 0 Å². The van der Waals surface area contributed by atoms with Crippen LogP contribution in [0, 0.1) is 0 Å². The van der Waals surface area contributed by atoms with Gasteiger partial charge in [-0.25, -0.2) is 8.42 Å². The van der Waals surface area contributed by atoms with Gasteiger partial charge in [-0.1, -0.05) is 35.3 Å². The number of rotatable bonds is 6. The van der Waals surface area contributed by atoms with Crippen LogP contribution in [0.3, 0.4) is 0 Å². The zero-order valence-corrected chi connectivity index (χ0v) is 14.8. The van der Waals surface area contributed by atoms with E-state index in [9.17, 15) is 13.2 Å². The smallest absolute Gasteiger partial charge is 0.261 e. The number of halogens is 2. The summed E-state index contributed by atoms with van der Waals surface area (Å²) in [6.45, 7) is 3.79. The number of benzene rings is 2. The first kappa shape index (κ1) is 18.3. The lowest BCUT2D eigenvalue weighted by molar-refractivity contribution is 0.0958. The van der Waals surface area contributed by atoms with Gasteiger partial charge in [0.2, 0.25) is 0 Å². The van der Waals surface area contributed by atoms with Crippen LogP contribution >= 0.6 is 23.2 Å². The lowest BCUT2D eigenvalue weighted by Crippen LogP contribution is -2.23. The van der Waals surface area contributed by atoms with E-state index in [4.69, 9.17) is 23.2 Å². The topological polar surface area (TPSA) is 75.3 Å². The van der Waals surface area contributed by atoms with Crippen molar-refractivity contribution in [3.63, 3.8) is 0 Å². The summed E-state index contributed by atoms with van der Waals surface area (Å²) in [7, 11) is -3.89. The van der Waals surface area contributed by atoms with Crippen LogP contribution in [0.25, 0.3) is 0 Å². The fourth-order valence-electron chi connectivity index (χ4n) is 1.90. The number of carbonyl (C=O) groups excluding carboxylic acids is 1. The molecule has 2 N–H and O–H groups in total. The monoisotopic (exact) mass is 384 g/mol. The molecule has 0 aliphatic heterocycles. The van der Waals surface area contributed by atoms with E-state index in [0.29, 0.717) is 10.0 Å². The van der Waals surface area contributed by atoms with Crippen molar-refractivity contribution in [2.45, 2.75) is 4.90 Å². The van der Waals surface area contributed by atoms with Crippen LogP contribution in [0.2, 0.25) is 10.0 Å². The van der Waals surface area contributed by atoms with Gasteiger partial charge in [0.1, 0.15) is 0 Å². The van der Waals surface area contributed by atoms with Crippen LogP contribution in [-0.2, 0) is 10.0 Å². The second-order valence-electron chi connectivity index (χ2n) is 4.79. The molecule has 0 aliphatic carbocycles. The summed E-state index contributed by atoms with van der Waals surface area (Å²) in [5.41, 5.74) is 0.456.